The van der Waals surface area contributed by atoms with Gasteiger partial charge < -0.3 is 15.2 Å². The molecule has 1 rings (SSSR count). The van der Waals surface area contributed by atoms with E-state index in [0.717, 1.165) is 11.3 Å². The largest absolute Gasteiger partial charge is 0.490 e. The molecule has 4 heteroatoms. The summed E-state index contributed by atoms with van der Waals surface area (Å²) >= 11 is 0. The highest BCUT2D eigenvalue weighted by Crippen LogP contribution is 2.12. The Labute approximate surface area is 88.3 Å². The van der Waals surface area contributed by atoms with Crippen LogP contribution in [0, 0.1) is 0 Å². The van der Waals surface area contributed by atoms with Crippen molar-refractivity contribution in [2.24, 2.45) is 5.73 Å². The van der Waals surface area contributed by atoms with Gasteiger partial charge in [-0.1, -0.05) is 24.8 Å². The highest BCUT2D eigenvalue weighted by atomic mass is 16.5. The van der Waals surface area contributed by atoms with Crippen molar-refractivity contribution in [1.82, 2.24) is 0 Å². The molecule has 0 spiro atoms. The number of amides is 1. The molecule has 15 heavy (non-hydrogen) atoms. The Morgan fingerprint density at radius 2 is 2.07 bits per heavy atom. The molecule has 1 amide bonds. The summed E-state index contributed by atoms with van der Waals surface area (Å²) in [5.41, 5.74) is 5.70. The van der Waals surface area contributed by atoms with E-state index in [9.17, 15) is 4.79 Å². The van der Waals surface area contributed by atoms with Crippen LogP contribution in [0.4, 0.5) is 4.79 Å². The molecule has 0 aliphatic carbocycles. The summed E-state index contributed by atoms with van der Waals surface area (Å²) < 4.78 is 9.92. The van der Waals surface area contributed by atoms with Crippen molar-refractivity contribution in [1.29, 1.82) is 0 Å². The molecule has 4 nitrogen and oxygen atoms in total. The number of carbonyl (C=O) groups is 1. The lowest BCUT2D eigenvalue weighted by molar-refractivity contribution is 0.150. The second-order valence-corrected chi connectivity index (χ2v) is 2.85. The normalized spacial score (nSPS) is 9.33. The van der Waals surface area contributed by atoms with E-state index in [2.05, 4.69) is 11.3 Å². The van der Waals surface area contributed by atoms with Gasteiger partial charge in [-0.2, -0.15) is 0 Å². The quantitative estimate of drug-likeness (QED) is 0.749. The molecule has 0 aliphatic rings. The van der Waals surface area contributed by atoms with Crippen molar-refractivity contribution in [2.45, 2.75) is 6.61 Å². The minimum Gasteiger partial charge on any atom is -0.490 e. The fourth-order valence-corrected chi connectivity index (χ4v) is 0.992. The van der Waals surface area contributed by atoms with Gasteiger partial charge in [0.05, 0.1) is 0 Å². The molecule has 0 saturated heterocycles. The highest BCUT2D eigenvalue weighted by molar-refractivity contribution is 5.64. The number of rotatable bonds is 5. The maximum atomic E-state index is 10.3. The predicted molar refractivity (Wildman–Crippen MR) is 56.5 cm³/mol. The molecule has 0 unspecified atom stereocenters. The van der Waals surface area contributed by atoms with Crippen LogP contribution in [0.3, 0.4) is 0 Å². The minimum atomic E-state index is -0.776. The van der Waals surface area contributed by atoms with E-state index in [4.69, 9.17) is 10.5 Å². The SMILES string of the molecule is C=CCOc1ccc(COC(N)=O)cc1. The van der Waals surface area contributed by atoms with Crippen molar-refractivity contribution < 1.29 is 14.3 Å². The van der Waals surface area contributed by atoms with Gasteiger partial charge in [0.25, 0.3) is 0 Å². The Balaban J connectivity index is 2.48. The van der Waals surface area contributed by atoms with Crippen molar-refractivity contribution in [3.8, 4) is 5.75 Å². The van der Waals surface area contributed by atoms with Gasteiger partial charge in [0, 0.05) is 0 Å². The summed E-state index contributed by atoms with van der Waals surface area (Å²) in [6.07, 6.45) is 0.895. The third-order valence-electron chi connectivity index (χ3n) is 1.67. The number of carbonyl (C=O) groups excluding carboxylic acids is 1. The van der Waals surface area contributed by atoms with Gasteiger partial charge in [-0.25, -0.2) is 4.79 Å². The van der Waals surface area contributed by atoms with Crippen LogP contribution in [0.5, 0.6) is 5.75 Å². The van der Waals surface area contributed by atoms with Crippen LogP contribution in [0.1, 0.15) is 5.56 Å². The molecule has 0 bridgehead atoms. The van der Waals surface area contributed by atoms with Gasteiger partial charge in [-0.05, 0) is 17.7 Å². The highest BCUT2D eigenvalue weighted by Gasteiger charge is 1.97. The number of hydrogen-bond acceptors (Lipinski definition) is 3. The molecule has 0 fully saturated rings. The second kappa shape index (κ2) is 5.70. The van der Waals surface area contributed by atoms with Gasteiger partial charge in [0.15, 0.2) is 0 Å². The number of benzene rings is 1. The van der Waals surface area contributed by atoms with Crippen LogP contribution in [-0.4, -0.2) is 12.7 Å². The number of primary amides is 1. The standard InChI is InChI=1S/C11H13NO3/c1-2-7-14-10-5-3-9(4-6-10)8-15-11(12)13/h2-6H,1,7-8H2,(H2,12,13). The van der Waals surface area contributed by atoms with Gasteiger partial charge in [0.1, 0.15) is 19.0 Å². The van der Waals surface area contributed by atoms with E-state index < -0.39 is 6.09 Å². The summed E-state index contributed by atoms with van der Waals surface area (Å²) in [6.45, 7) is 4.19. The number of nitrogens with two attached hydrogens (primary N) is 1. The maximum Gasteiger partial charge on any atom is 0.404 e. The Morgan fingerprint density at radius 3 is 2.60 bits per heavy atom. The Bertz CT molecular complexity index is 332. The summed E-state index contributed by atoms with van der Waals surface area (Å²) in [4.78, 5) is 10.3. The molecule has 0 saturated carbocycles. The Hall–Kier alpha value is -1.97. The van der Waals surface area contributed by atoms with E-state index in [1.54, 1.807) is 30.3 Å². The zero-order chi connectivity index (χ0) is 11.1. The van der Waals surface area contributed by atoms with Gasteiger partial charge in [-0.15, -0.1) is 0 Å². The van der Waals surface area contributed by atoms with Gasteiger partial charge in [0.2, 0.25) is 0 Å². The van der Waals surface area contributed by atoms with E-state index in [-0.39, 0.29) is 6.61 Å². The first-order valence-corrected chi connectivity index (χ1v) is 4.47. The fraction of sp³-hybridized carbons (Fsp3) is 0.182. The van der Waals surface area contributed by atoms with Crippen LogP contribution >= 0.6 is 0 Å². The second-order valence-electron chi connectivity index (χ2n) is 2.85. The third kappa shape index (κ3) is 4.17. The van der Waals surface area contributed by atoms with E-state index >= 15 is 0 Å². The van der Waals surface area contributed by atoms with Crippen molar-refractivity contribution in [3.05, 3.63) is 42.5 Å². The molecule has 0 aliphatic heterocycles. The molecule has 2 N–H and O–H groups in total. The average molecular weight is 207 g/mol. The first-order valence-electron chi connectivity index (χ1n) is 4.47. The Morgan fingerprint density at radius 1 is 1.40 bits per heavy atom. The Kier molecular flexibility index (Phi) is 4.22. The van der Waals surface area contributed by atoms with Crippen LogP contribution < -0.4 is 10.5 Å². The summed E-state index contributed by atoms with van der Waals surface area (Å²) in [7, 11) is 0. The van der Waals surface area contributed by atoms with Gasteiger partial charge in [-0.3, -0.25) is 0 Å². The van der Waals surface area contributed by atoms with E-state index in [1.807, 2.05) is 0 Å². The zero-order valence-corrected chi connectivity index (χ0v) is 8.31. The lowest BCUT2D eigenvalue weighted by Gasteiger charge is -2.04. The fourth-order valence-electron chi connectivity index (χ4n) is 0.992. The van der Waals surface area contributed by atoms with Crippen molar-refractivity contribution in [2.75, 3.05) is 6.61 Å². The molecule has 0 heterocycles. The maximum absolute atomic E-state index is 10.3. The monoisotopic (exact) mass is 207 g/mol. The molecule has 1 aromatic carbocycles. The topological polar surface area (TPSA) is 61.6 Å². The smallest absolute Gasteiger partial charge is 0.404 e. The van der Waals surface area contributed by atoms with Crippen molar-refractivity contribution >= 4 is 6.09 Å². The van der Waals surface area contributed by atoms with E-state index in [0.29, 0.717) is 6.61 Å². The average Bonchev–Trinajstić information content (AvgIpc) is 2.25. The lowest BCUT2D eigenvalue weighted by Crippen LogP contribution is -2.12. The number of hydrogen-bond donors (Lipinski definition) is 1. The van der Waals surface area contributed by atoms with Crippen LogP contribution in [0.2, 0.25) is 0 Å². The molecule has 1 aromatic rings. The van der Waals surface area contributed by atoms with Gasteiger partial charge >= 0.3 is 6.09 Å². The molecular weight excluding hydrogens is 194 g/mol. The number of ether oxygens (including phenoxy) is 2. The first kappa shape index (κ1) is 11.1. The summed E-state index contributed by atoms with van der Waals surface area (Å²) in [5, 5.41) is 0. The summed E-state index contributed by atoms with van der Waals surface area (Å²) in [5.74, 6) is 0.748. The van der Waals surface area contributed by atoms with Crippen LogP contribution in [0.15, 0.2) is 36.9 Å². The summed E-state index contributed by atoms with van der Waals surface area (Å²) in [6, 6.07) is 7.20. The molecule has 0 aromatic heterocycles. The lowest BCUT2D eigenvalue weighted by atomic mass is 10.2. The third-order valence-corrected chi connectivity index (χ3v) is 1.67. The molecule has 0 radical (unpaired) electrons. The van der Waals surface area contributed by atoms with E-state index in [1.165, 1.54) is 0 Å². The zero-order valence-electron chi connectivity index (χ0n) is 8.31. The molecular formula is C11H13NO3. The molecule has 0 atom stereocenters. The van der Waals surface area contributed by atoms with Crippen LogP contribution in [0.25, 0.3) is 0 Å². The minimum absolute atomic E-state index is 0.178. The predicted octanol–water partition coefficient (Wildman–Crippen LogP) is 1.85. The molecule has 80 valence electrons. The van der Waals surface area contributed by atoms with Crippen LogP contribution in [-0.2, 0) is 11.3 Å². The van der Waals surface area contributed by atoms with Crippen molar-refractivity contribution in [3.63, 3.8) is 0 Å². The first-order chi connectivity index (χ1) is 7.22.